The predicted molar refractivity (Wildman–Crippen MR) is 344 cm³/mol. The topological polar surface area (TPSA) is 10.9 Å². The highest BCUT2D eigenvalue weighted by Gasteiger charge is 2.30. The lowest BCUT2D eigenvalue weighted by Crippen LogP contribution is -2.11. The fourth-order valence-electron chi connectivity index (χ4n) is 12.2. The minimum Gasteiger partial charge on any atom is -0.310 e. The van der Waals surface area contributed by atoms with Gasteiger partial charge < -0.3 is 9.80 Å². The van der Waals surface area contributed by atoms with Crippen molar-refractivity contribution >= 4 is 104 Å². The monoisotopic (exact) mass is 1040 g/mol. The second-order valence-corrected chi connectivity index (χ2v) is 23.0. The fraction of sp³-hybridized carbons (Fsp3) is 0.0526. The summed E-state index contributed by atoms with van der Waals surface area (Å²) in [6.07, 6.45) is 0. The second-order valence-electron chi connectivity index (χ2n) is 21.9. The number of nitrogens with zero attached hydrogens (tertiary/aromatic N) is 3. The van der Waals surface area contributed by atoms with Gasteiger partial charge >= 0.3 is 0 Å². The van der Waals surface area contributed by atoms with Gasteiger partial charge in [-0.05, 0) is 134 Å². The van der Waals surface area contributed by atoms with Gasteiger partial charge in [0.1, 0.15) is 4.83 Å². The third-order valence-electron chi connectivity index (χ3n) is 16.1. The number of hydrogen-bond donors (Lipinski definition) is 0. The Labute approximate surface area is 473 Å². The Balaban J connectivity index is 1.03. The van der Waals surface area contributed by atoms with Gasteiger partial charge in [0, 0.05) is 59.8 Å². The van der Waals surface area contributed by atoms with E-state index in [2.05, 4.69) is 253 Å². The molecular formula is C76H55N3S. The Morgan fingerprint density at radius 3 is 1.40 bits per heavy atom. The normalized spacial score (nSPS) is 12.3. The van der Waals surface area contributed by atoms with Crippen LogP contribution in [-0.2, 0) is 5.41 Å². The Bertz CT molecular complexity index is 4890. The first-order chi connectivity index (χ1) is 40.1. The first-order valence-electron chi connectivity index (χ1n) is 28.5. The lowest BCUT2D eigenvalue weighted by Gasteiger charge is -2.28. The molecule has 0 bridgehead atoms. The van der Waals surface area contributed by atoms with Crippen molar-refractivity contribution in [1.29, 1.82) is 0 Å². The number of rotatable bonds is 10. The molecule has 0 spiro atoms. The number of fused-ring (bicyclic) bond motifs is 10. The molecular weight excluding hydrogens is 987 g/mol. The highest BCUT2D eigenvalue weighted by atomic mass is 32.1. The zero-order valence-corrected chi connectivity index (χ0v) is 45.5. The molecule has 0 saturated heterocycles. The van der Waals surface area contributed by atoms with Crippen LogP contribution in [0.5, 0.6) is 0 Å². The fourth-order valence-corrected chi connectivity index (χ4v) is 13.5. The lowest BCUT2D eigenvalue weighted by molar-refractivity contribution is 0.591. The molecule has 15 aromatic rings. The highest BCUT2D eigenvalue weighted by Crippen LogP contribution is 2.54. The van der Waals surface area contributed by atoms with Crippen molar-refractivity contribution in [3.05, 3.63) is 285 Å². The van der Waals surface area contributed by atoms with Crippen LogP contribution in [0.3, 0.4) is 0 Å². The molecule has 3 heterocycles. The van der Waals surface area contributed by atoms with Crippen molar-refractivity contribution in [2.24, 2.45) is 0 Å². The van der Waals surface area contributed by atoms with Crippen molar-refractivity contribution in [3.8, 4) is 44.5 Å². The van der Waals surface area contributed by atoms with Gasteiger partial charge in [-0.15, -0.1) is 11.3 Å². The van der Waals surface area contributed by atoms with E-state index in [1.807, 2.05) is 59.9 Å². The molecule has 0 radical (unpaired) electrons. The maximum atomic E-state index is 8.18. The van der Waals surface area contributed by atoms with Gasteiger partial charge in [0.25, 0.3) is 0 Å². The SMILES string of the molecule is [2H]c1ccc(-c2ccc(N(c3cccc(-c4ccccc4)c3)c3cc4c(c5ccccc35)c3ccc(N(c5ccc(-c6ccc([2H])cc6)cc5)c5cccc(-c6ccccc6)c5)c5c6c7cc(C(C)(C)C)ccc7sc6n4c35)cc2)cc1. The summed E-state index contributed by atoms with van der Waals surface area (Å²) in [5, 5.41) is 8.53. The molecule has 380 valence electrons. The lowest BCUT2D eigenvalue weighted by atomic mass is 9.86. The summed E-state index contributed by atoms with van der Waals surface area (Å²) in [5.74, 6) is 0. The average molecular weight is 1040 g/mol. The van der Waals surface area contributed by atoms with E-state index in [1.165, 1.54) is 52.9 Å². The molecule has 0 fully saturated rings. The van der Waals surface area contributed by atoms with Crippen LogP contribution < -0.4 is 9.80 Å². The standard InChI is InChI=1S/C76H55N3S/c1-76(2,3)58-38-45-70-66(48-58)72-73-67(77(59-39-34-54(35-40-59)50-20-8-4-9-21-50)61-30-18-28-56(46-61)52-24-12-6-13-25-52)44-43-65-71-64-33-17-16-32-63(64)68(49-69(71)79(74(65)73)75(72)80-70)78(60-41-36-55(37-42-60)51-22-10-5-11-23-51)62-31-19-29-57(47-62)53-26-14-7-15-27-53/h4-49H,1-3H3/i4D,5D. The van der Waals surface area contributed by atoms with Gasteiger partial charge in [-0.2, -0.15) is 0 Å². The molecule has 15 rings (SSSR count). The summed E-state index contributed by atoms with van der Waals surface area (Å²) < 4.78 is 20.2. The Morgan fingerprint density at radius 2 is 0.838 bits per heavy atom. The molecule has 12 aromatic carbocycles. The predicted octanol–water partition coefficient (Wildman–Crippen LogP) is 22.1. The molecule has 3 nitrogen and oxygen atoms in total. The van der Waals surface area contributed by atoms with Crippen LogP contribution in [0.15, 0.2) is 279 Å². The Morgan fingerprint density at radius 1 is 0.350 bits per heavy atom. The van der Waals surface area contributed by atoms with Gasteiger partial charge in [0.15, 0.2) is 0 Å². The average Bonchev–Trinajstić information content (AvgIpc) is 1.98. The number of aromatic nitrogens is 1. The van der Waals surface area contributed by atoms with Gasteiger partial charge in [-0.25, -0.2) is 0 Å². The summed E-state index contributed by atoms with van der Waals surface area (Å²) in [5.41, 5.74) is 19.0. The molecule has 0 N–H and O–H groups in total. The van der Waals surface area contributed by atoms with Crippen molar-refractivity contribution in [3.63, 3.8) is 0 Å². The zero-order chi connectivity index (χ0) is 55.2. The molecule has 0 unspecified atom stereocenters. The largest absolute Gasteiger partial charge is 0.310 e. The summed E-state index contributed by atoms with van der Waals surface area (Å²) in [6, 6.07) is 97.1. The molecule has 80 heavy (non-hydrogen) atoms. The molecule has 0 atom stereocenters. The second kappa shape index (κ2) is 19.0. The maximum Gasteiger partial charge on any atom is 0.109 e. The maximum absolute atomic E-state index is 8.18. The Kier molecular flexibility index (Phi) is 10.8. The molecule has 0 amide bonds. The van der Waals surface area contributed by atoms with E-state index in [1.54, 1.807) is 0 Å². The first-order valence-corrected chi connectivity index (χ1v) is 28.3. The van der Waals surface area contributed by atoms with E-state index in [-0.39, 0.29) is 5.41 Å². The minimum atomic E-state index is -0.0645. The summed E-state index contributed by atoms with van der Waals surface area (Å²) in [6.45, 7) is 6.94. The van der Waals surface area contributed by atoms with Crippen molar-refractivity contribution in [1.82, 2.24) is 4.40 Å². The highest BCUT2D eigenvalue weighted by molar-refractivity contribution is 7.25. The molecule has 4 heteroatoms. The summed E-state index contributed by atoms with van der Waals surface area (Å²) >= 11 is 1.89. The van der Waals surface area contributed by atoms with Crippen LogP contribution in [-0.4, -0.2) is 4.40 Å². The van der Waals surface area contributed by atoms with Crippen molar-refractivity contribution in [2.75, 3.05) is 9.80 Å². The van der Waals surface area contributed by atoms with E-state index >= 15 is 0 Å². The zero-order valence-electron chi connectivity index (χ0n) is 46.7. The number of benzene rings is 12. The van der Waals surface area contributed by atoms with Crippen LogP contribution in [0.1, 0.15) is 29.1 Å². The number of thiophene rings is 1. The van der Waals surface area contributed by atoms with Crippen LogP contribution in [0.2, 0.25) is 0 Å². The van der Waals surface area contributed by atoms with E-state index in [0.29, 0.717) is 12.1 Å². The quantitative estimate of drug-likeness (QED) is 0.135. The van der Waals surface area contributed by atoms with Crippen LogP contribution >= 0.6 is 11.3 Å². The van der Waals surface area contributed by atoms with Gasteiger partial charge in [-0.1, -0.05) is 227 Å². The molecule has 3 aromatic heterocycles. The Hall–Kier alpha value is -9.74. The smallest absolute Gasteiger partial charge is 0.109 e. The van der Waals surface area contributed by atoms with E-state index in [0.717, 1.165) is 89.5 Å². The van der Waals surface area contributed by atoms with E-state index < -0.39 is 0 Å². The number of hydrogen-bond acceptors (Lipinski definition) is 3. The summed E-state index contributed by atoms with van der Waals surface area (Å²) in [4.78, 5) is 6.14. The van der Waals surface area contributed by atoms with Crippen LogP contribution in [0, 0.1) is 0 Å². The number of anilines is 6. The van der Waals surface area contributed by atoms with E-state index in [9.17, 15) is 0 Å². The molecule has 0 aliphatic rings. The van der Waals surface area contributed by atoms with Crippen LogP contribution in [0.4, 0.5) is 34.1 Å². The van der Waals surface area contributed by atoms with Gasteiger partial charge in [-0.3, -0.25) is 4.40 Å². The van der Waals surface area contributed by atoms with Crippen LogP contribution in [0.25, 0.3) is 103 Å². The third kappa shape index (κ3) is 7.94. The molecule has 0 aliphatic carbocycles. The molecule has 0 aliphatic heterocycles. The molecule has 0 saturated carbocycles. The van der Waals surface area contributed by atoms with E-state index in [4.69, 9.17) is 2.74 Å². The summed E-state index contributed by atoms with van der Waals surface area (Å²) in [7, 11) is 0. The van der Waals surface area contributed by atoms with Gasteiger partial charge in [0.05, 0.1) is 25.1 Å². The van der Waals surface area contributed by atoms with Crippen molar-refractivity contribution in [2.45, 2.75) is 26.2 Å². The van der Waals surface area contributed by atoms with Crippen molar-refractivity contribution < 1.29 is 2.74 Å². The minimum absolute atomic E-state index is 0.0645. The first kappa shape index (κ1) is 45.3. The van der Waals surface area contributed by atoms with Gasteiger partial charge in [0.2, 0.25) is 0 Å². The third-order valence-corrected chi connectivity index (χ3v) is 17.3.